The van der Waals surface area contributed by atoms with Crippen molar-refractivity contribution in [2.24, 2.45) is 4.99 Å². The molecule has 0 unspecified atom stereocenters. The highest BCUT2D eigenvalue weighted by atomic mass is 16.5. The molecule has 0 bridgehead atoms. The molecule has 164 valence electrons. The molecule has 0 aliphatic carbocycles. The van der Waals surface area contributed by atoms with Gasteiger partial charge in [0, 0.05) is 56.6 Å². The van der Waals surface area contributed by atoms with E-state index < -0.39 is 5.66 Å². The number of nitrogens with one attached hydrogen (secondary N) is 1. The fraction of sp³-hybridized carbons (Fsp3) is 0.440. The van der Waals surface area contributed by atoms with E-state index >= 15 is 0 Å². The summed E-state index contributed by atoms with van der Waals surface area (Å²) in [6.45, 7) is 7.17. The molecular formula is C25H31N3O3. The van der Waals surface area contributed by atoms with Crippen molar-refractivity contribution >= 4 is 11.6 Å². The maximum atomic E-state index is 11.9. The van der Waals surface area contributed by atoms with Crippen molar-refractivity contribution in [3.63, 3.8) is 0 Å². The average Bonchev–Trinajstić information content (AvgIpc) is 2.74. The summed E-state index contributed by atoms with van der Waals surface area (Å²) >= 11 is 0. The van der Waals surface area contributed by atoms with Crippen LogP contribution in [0.3, 0.4) is 0 Å². The molecule has 2 aromatic rings. The summed E-state index contributed by atoms with van der Waals surface area (Å²) in [5.74, 6) is 0.738. The summed E-state index contributed by atoms with van der Waals surface area (Å²) < 4.78 is 5.35. The van der Waals surface area contributed by atoms with Crippen molar-refractivity contribution < 1.29 is 14.6 Å². The van der Waals surface area contributed by atoms with Gasteiger partial charge in [-0.3, -0.25) is 15.1 Å². The van der Waals surface area contributed by atoms with Gasteiger partial charge in [0.2, 0.25) is 5.91 Å². The summed E-state index contributed by atoms with van der Waals surface area (Å²) in [6.07, 6.45) is 2.15. The summed E-state index contributed by atoms with van der Waals surface area (Å²) in [7, 11) is 1.56. The van der Waals surface area contributed by atoms with E-state index in [9.17, 15) is 9.90 Å². The van der Waals surface area contributed by atoms with Gasteiger partial charge in [-0.15, -0.1) is 0 Å². The van der Waals surface area contributed by atoms with Crippen LogP contribution in [0.5, 0.6) is 11.5 Å². The Morgan fingerprint density at radius 2 is 1.97 bits per heavy atom. The third-order valence-electron chi connectivity index (χ3n) is 6.54. The molecule has 0 saturated carbocycles. The molecule has 1 atom stereocenters. The zero-order valence-electron chi connectivity index (χ0n) is 18.7. The Morgan fingerprint density at radius 1 is 1.23 bits per heavy atom. The van der Waals surface area contributed by atoms with E-state index in [1.165, 1.54) is 11.1 Å². The first-order valence-electron chi connectivity index (χ1n) is 10.9. The second-order valence-electron chi connectivity index (χ2n) is 8.71. The molecule has 0 radical (unpaired) electrons. The number of para-hydroxylation sites is 1. The van der Waals surface area contributed by atoms with Crippen LogP contribution in [0.2, 0.25) is 0 Å². The summed E-state index contributed by atoms with van der Waals surface area (Å²) in [6, 6.07) is 12.0. The Bertz CT molecular complexity index is 1020. The largest absolute Gasteiger partial charge is 0.504 e. The summed E-state index contributed by atoms with van der Waals surface area (Å²) in [5, 5.41) is 14.6. The van der Waals surface area contributed by atoms with E-state index in [0.29, 0.717) is 25.3 Å². The van der Waals surface area contributed by atoms with Crippen LogP contribution in [0.4, 0.5) is 0 Å². The number of methoxy groups -OCH3 is 1. The Balaban J connectivity index is 1.75. The van der Waals surface area contributed by atoms with Crippen LogP contribution < -0.4 is 10.1 Å². The second kappa shape index (κ2) is 8.35. The minimum absolute atomic E-state index is 0.103. The Hall–Kier alpha value is -2.86. The van der Waals surface area contributed by atoms with E-state index in [-0.39, 0.29) is 17.7 Å². The molecule has 2 aliphatic rings. The lowest BCUT2D eigenvalue weighted by Gasteiger charge is -2.45. The molecule has 2 heterocycles. The molecule has 0 aromatic heterocycles. The number of phenolic OH excluding ortho intramolecular Hbond substituents is 1. The fourth-order valence-corrected chi connectivity index (χ4v) is 4.83. The maximum absolute atomic E-state index is 11.9. The lowest BCUT2D eigenvalue weighted by Crippen LogP contribution is -2.56. The molecular weight excluding hydrogens is 390 g/mol. The highest BCUT2D eigenvalue weighted by molar-refractivity contribution is 6.03. The van der Waals surface area contributed by atoms with Gasteiger partial charge in [0.1, 0.15) is 5.66 Å². The SMILES string of the molecule is COc1cccc([C@H]2CC(c3ccc(C)cc3C)=NC3(CCN(C(C)=O)CC3)N2)c1O. The van der Waals surface area contributed by atoms with Gasteiger partial charge < -0.3 is 14.7 Å². The van der Waals surface area contributed by atoms with Gasteiger partial charge >= 0.3 is 0 Å². The number of hydrogen-bond donors (Lipinski definition) is 2. The lowest BCUT2D eigenvalue weighted by molar-refractivity contribution is -0.130. The fourth-order valence-electron chi connectivity index (χ4n) is 4.83. The highest BCUT2D eigenvalue weighted by Crippen LogP contribution is 2.40. The van der Waals surface area contributed by atoms with Crippen LogP contribution in [0, 0.1) is 13.8 Å². The van der Waals surface area contributed by atoms with E-state index in [2.05, 4.69) is 37.4 Å². The van der Waals surface area contributed by atoms with Crippen LogP contribution in [-0.2, 0) is 4.79 Å². The summed E-state index contributed by atoms with van der Waals surface area (Å²) in [5.41, 5.74) is 4.96. The molecule has 6 heteroatoms. The zero-order chi connectivity index (χ0) is 22.2. The van der Waals surface area contributed by atoms with Crippen LogP contribution in [-0.4, -0.2) is 47.5 Å². The topological polar surface area (TPSA) is 74.2 Å². The Morgan fingerprint density at radius 3 is 2.61 bits per heavy atom. The minimum atomic E-state index is -0.461. The molecule has 1 saturated heterocycles. The molecule has 1 fully saturated rings. The number of aromatic hydroxyl groups is 1. The van der Waals surface area contributed by atoms with Gasteiger partial charge in [0.05, 0.1) is 7.11 Å². The molecule has 31 heavy (non-hydrogen) atoms. The number of ether oxygens (including phenoxy) is 1. The number of benzene rings is 2. The maximum Gasteiger partial charge on any atom is 0.219 e. The number of piperidine rings is 1. The van der Waals surface area contributed by atoms with E-state index in [4.69, 9.17) is 9.73 Å². The number of hydrogen-bond acceptors (Lipinski definition) is 5. The van der Waals surface area contributed by atoms with Gasteiger partial charge in [-0.25, -0.2) is 0 Å². The predicted molar refractivity (Wildman–Crippen MR) is 122 cm³/mol. The Labute approximate surface area is 183 Å². The van der Waals surface area contributed by atoms with Gasteiger partial charge in [0.25, 0.3) is 0 Å². The molecule has 2 aromatic carbocycles. The van der Waals surface area contributed by atoms with Crippen molar-refractivity contribution in [2.45, 2.75) is 51.7 Å². The first-order chi connectivity index (χ1) is 14.8. The number of carbonyl (C=O) groups excluding carboxylic acids is 1. The molecule has 1 amide bonds. The number of amides is 1. The van der Waals surface area contributed by atoms with Crippen LogP contribution in [0.1, 0.15) is 54.5 Å². The van der Waals surface area contributed by atoms with Crippen molar-refractivity contribution in [2.75, 3.05) is 20.2 Å². The predicted octanol–water partition coefficient (Wildman–Crippen LogP) is 3.88. The van der Waals surface area contributed by atoms with Gasteiger partial charge in [-0.05, 0) is 31.0 Å². The van der Waals surface area contributed by atoms with E-state index in [1.54, 1.807) is 20.1 Å². The van der Waals surface area contributed by atoms with Crippen molar-refractivity contribution in [1.29, 1.82) is 0 Å². The number of aryl methyl sites for hydroxylation is 2. The molecule has 1 spiro atoms. The number of carbonyl (C=O) groups is 1. The third-order valence-corrected chi connectivity index (χ3v) is 6.54. The van der Waals surface area contributed by atoms with Crippen molar-refractivity contribution in [1.82, 2.24) is 10.2 Å². The zero-order valence-corrected chi connectivity index (χ0v) is 18.7. The van der Waals surface area contributed by atoms with Gasteiger partial charge in [-0.1, -0.05) is 35.9 Å². The van der Waals surface area contributed by atoms with Gasteiger partial charge in [0.15, 0.2) is 11.5 Å². The van der Waals surface area contributed by atoms with Crippen LogP contribution in [0.25, 0.3) is 0 Å². The first kappa shape index (κ1) is 21.4. The van der Waals surface area contributed by atoms with Crippen LogP contribution >= 0.6 is 0 Å². The normalized spacial score (nSPS) is 20.5. The van der Waals surface area contributed by atoms with E-state index in [1.807, 2.05) is 17.0 Å². The number of nitrogens with zero attached hydrogens (tertiary/aromatic N) is 2. The molecule has 4 rings (SSSR count). The van der Waals surface area contributed by atoms with Crippen molar-refractivity contribution in [3.05, 3.63) is 58.7 Å². The third kappa shape index (κ3) is 4.17. The monoisotopic (exact) mass is 421 g/mol. The highest BCUT2D eigenvalue weighted by Gasteiger charge is 2.41. The number of aliphatic imine (C=N–C) groups is 1. The number of phenols is 1. The molecule has 2 N–H and O–H groups in total. The minimum Gasteiger partial charge on any atom is -0.504 e. The lowest BCUT2D eigenvalue weighted by atomic mass is 9.86. The standard InChI is InChI=1S/C25H31N3O3/c1-16-8-9-19(17(2)14-16)21-15-22(20-6-5-7-23(31-4)24(20)30)27-25(26-21)10-12-28(13-11-25)18(3)29/h5-9,14,22,27,30H,10-13,15H2,1-4H3/t22-/m1/s1. The quantitative estimate of drug-likeness (QED) is 0.789. The average molecular weight is 422 g/mol. The van der Waals surface area contributed by atoms with Gasteiger partial charge in [-0.2, -0.15) is 0 Å². The first-order valence-corrected chi connectivity index (χ1v) is 10.9. The van der Waals surface area contributed by atoms with E-state index in [0.717, 1.165) is 29.7 Å². The molecule has 2 aliphatic heterocycles. The number of likely N-dealkylation sites (tertiary alicyclic amines) is 1. The van der Waals surface area contributed by atoms with Crippen molar-refractivity contribution in [3.8, 4) is 11.5 Å². The second-order valence-corrected chi connectivity index (χ2v) is 8.71. The summed E-state index contributed by atoms with van der Waals surface area (Å²) in [4.78, 5) is 19.0. The number of rotatable bonds is 3. The van der Waals surface area contributed by atoms with Crippen LogP contribution in [0.15, 0.2) is 41.4 Å². The smallest absolute Gasteiger partial charge is 0.219 e. The Kier molecular flexibility index (Phi) is 5.75. The molecule has 6 nitrogen and oxygen atoms in total.